The normalized spacial score (nSPS) is 36.3. The van der Waals surface area contributed by atoms with Crippen LogP contribution in [-0.2, 0) is 0 Å². The minimum atomic E-state index is 0.100. The van der Waals surface area contributed by atoms with E-state index in [0.29, 0.717) is 6.04 Å². The molecule has 0 spiro atoms. The van der Waals surface area contributed by atoms with E-state index in [4.69, 9.17) is 0 Å². The van der Waals surface area contributed by atoms with Crippen LogP contribution in [0.3, 0.4) is 0 Å². The lowest BCUT2D eigenvalue weighted by molar-refractivity contribution is 0.354. The van der Waals surface area contributed by atoms with Crippen LogP contribution in [0.15, 0.2) is 0 Å². The molecule has 1 heterocycles. The van der Waals surface area contributed by atoms with Crippen LogP contribution in [0.5, 0.6) is 0 Å². The van der Waals surface area contributed by atoms with Gasteiger partial charge in [0.05, 0.1) is 5.66 Å². The highest BCUT2D eigenvalue weighted by atomic mass is 15.3. The minimum Gasteiger partial charge on any atom is -0.295 e. The van der Waals surface area contributed by atoms with Crippen molar-refractivity contribution in [2.45, 2.75) is 51.9 Å². The highest BCUT2D eigenvalue weighted by Gasteiger charge is 2.40. The summed E-state index contributed by atoms with van der Waals surface area (Å²) in [7, 11) is 0. The van der Waals surface area contributed by atoms with Crippen molar-refractivity contribution in [2.24, 2.45) is 0 Å². The largest absolute Gasteiger partial charge is 0.295 e. The quantitative estimate of drug-likeness (QED) is 0.529. The average Bonchev–Trinajstić information content (AvgIpc) is 1.73. The van der Waals surface area contributed by atoms with E-state index in [9.17, 15) is 0 Å². The maximum Gasteiger partial charge on any atom is 0.0636 e. The molecule has 0 aromatic rings. The molecular formula is C8H18N2. The molecular weight excluding hydrogens is 124 g/mol. The molecule has 0 aliphatic carbocycles. The Balaban J connectivity index is 2.71. The molecule has 10 heavy (non-hydrogen) atoms. The fourth-order valence-corrected chi connectivity index (χ4v) is 1.67. The van der Waals surface area contributed by atoms with E-state index < -0.39 is 0 Å². The first kappa shape index (κ1) is 8.02. The molecule has 2 heteroatoms. The number of rotatable bonds is 0. The standard InChI is InChI=1S/C8H18N2/c1-6-7(2,3)10-8(4,5)9-6/h6,9-10H,1-5H3. The lowest BCUT2D eigenvalue weighted by Crippen LogP contribution is -2.47. The minimum absolute atomic E-state index is 0.100. The summed E-state index contributed by atoms with van der Waals surface area (Å²) in [4.78, 5) is 0. The average molecular weight is 142 g/mol. The molecule has 1 aliphatic heterocycles. The van der Waals surface area contributed by atoms with Crippen LogP contribution in [-0.4, -0.2) is 17.2 Å². The lowest BCUT2D eigenvalue weighted by Gasteiger charge is -2.24. The van der Waals surface area contributed by atoms with Crippen molar-refractivity contribution < 1.29 is 0 Å². The van der Waals surface area contributed by atoms with Gasteiger partial charge in [0.1, 0.15) is 0 Å². The van der Waals surface area contributed by atoms with Crippen molar-refractivity contribution >= 4 is 0 Å². The molecule has 0 bridgehead atoms. The third kappa shape index (κ3) is 1.32. The van der Waals surface area contributed by atoms with Gasteiger partial charge in [0.25, 0.3) is 0 Å². The molecule has 2 N–H and O–H groups in total. The summed E-state index contributed by atoms with van der Waals surface area (Å²) in [5.41, 5.74) is 0.326. The van der Waals surface area contributed by atoms with E-state index in [0.717, 1.165) is 0 Å². The predicted octanol–water partition coefficient (Wildman–Crippen LogP) is 1.08. The molecule has 2 nitrogen and oxygen atoms in total. The van der Waals surface area contributed by atoms with Crippen LogP contribution in [0.2, 0.25) is 0 Å². The smallest absolute Gasteiger partial charge is 0.0636 e. The van der Waals surface area contributed by atoms with Gasteiger partial charge in [0, 0.05) is 11.6 Å². The summed E-state index contributed by atoms with van der Waals surface area (Å²) < 4.78 is 0. The Bertz CT molecular complexity index is 138. The zero-order valence-corrected chi connectivity index (χ0v) is 7.58. The lowest BCUT2D eigenvalue weighted by atomic mass is 9.99. The van der Waals surface area contributed by atoms with Gasteiger partial charge in [-0.05, 0) is 34.6 Å². The van der Waals surface area contributed by atoms with Gasteiger partial charge in [0.2, 0.25) is 0 Å². The maximum atomic E-state index is 3.51. The van der Waals surface area contributed by atoms with E-state index in [2.05, 4.69) is 45.3 Å². The first-order valence-corrected chi connectivity index (χ1v) is 3.90. The van der Waals surface area contributed by atoms with E-state index in [1.165, 1.54) is 0 Å². The van der Waals surface area contributed by atoms with Crippen LogP contribution >= 0.6 is 0 Å². The van der Waals surface area contributed by atoms with Crippen LogP contribution in [0.25, 0.3) is 0 Å². The summed E-state index contributed by atoms with van der Waals surface area (Å²) >= 11 is 0. The third-order valence-electron chi connectivity index (χ3n) is 2.29. The number of hydrogen-bond acceptors (Lipinski definition) is 2. The Labute approximate surface area is 63.4 Å². The molecule has 1 saturated heterocycles. The van der Waals surface area contributed by atoms with Gasteiger partial charge in [-0.25, -0.2) is 0 Å². The number of nitrogens with one attached hydrogen (secondary N) is 2. The van der Waals surface area contributed by atoms with Crippen LogP contribution in [0, 0.1) is 0 Å². The molecule has 0 saturated carbocycles. The SMILES string of the molecule is CC1NC(C)(C)NC1(C)C. The van der Waals surface area contributed by atoms with Crippen molar-refractivity contribution in [2.75, 3.05) is 0 Å². The van der Waals surface area contributed by atoms with E-state index >= 15 is 0 Å². The molecule has 1 aliphatic rings. The second-order valence-electron chi connectivity index (χ2n) is 4.34. The highest BCUT2D eigenvalue weighted by Crippen LogP contribution is 2.21. The third-order valence-corrected chi connectivity index (χ3v) is 2.29. The Hall–Kier alpha value is -0.0800. The first-order chi connectivity index (χ1) is 4.33. The zero-order chi connectivity index (χ0) is 7.99. The predicted molar refractivity (Wildman–Crippen MR) is 43.9 cm³/mol. The molecule has 1 fully saturated rings. The topological polar surface area (TPSA) is 24.1 Å². The summed E-state index contributed by atoms with van der Waals surface area (Å²) in [6, 6.07) is 0.544. The molecule has 0 amide bonds. The summed E-state index contributed by atoms with van der Waals surface area (Å²) in [6.07, 6.45) is 0. The first-order valence-electron chi connectivity index (χ1n) is 3.90. The fraction of sp³-hybridized carbons (Fsp3) is 1.00. The second-order valence-corrected chi connectivity index (χ2v) is 4.34. The van der Waals surface area contributed by atoms with Crippen LogP contribution < -0.4 is 10.6 Å². The van der Waals surface area contributed by atoms with Gasteiger partial charge in [-0.15, -0.1) is 0 Å². The molecule has 0 radical (unpaired) electrons. The van der Waals surface area contributed by atoms with Crippen molar-refractivity contribution in [3.8, 4) is 0 Å². The Morgan fingerprint density at radius 2 is 1.60 bits per heavy atom. The van der Waals surface area contributed by atoms with Crippen molar-refractivity contribution in [3.05, 3.63) is 0 Å². The van der Waals surface area contributed by atoms with E-state index in [1.54, 1.807) is 0 Å². The second kappa shape index (κ2) is 1.95. The monoisotopic (exact) mass is 142 g/mol. The summed E-state index contributed by atoms with van der Waals surface area (Å²) in [5.74, 6) is 0. The zero-order valence-electron chi connectivity index (χ0n) is 7.58. The molecule has 0 aromatic carbocycles. The fourth-order valence-electron chi connectivity index (χ4n) is 1.67. The van der Waals surface area contributed by atoms with Gasteiger partial charge < -0.3 is 0 Å². The number of hydrogen-bond donors (Lipinski definition) is 2. The van der Waals surface area contributed by atoms with Crippen molar-refractivity contribution in [1.29, 1.82) is 0 Å². The molecule has 0 aromatic heterocycles. The molecule has 1 rings (SSSR count). The van der Waals surface area contributed by atoms with E-state index in [1.807, 2.05) is 0 Å². The Kier molecular flexibility index (Phi) is 1.57. The van der Waals surface area contributed by atoms with Gasteiger partial charge >= 0.3 is 0 Å². The highest BCUT2D eigenvalue weighted by molar-refractivity contribution is 5.02. The van der Waals surface area contributed by atoms with Crippen LogP contribution in [0.4, 0.5) is 0 Å². The van der Waals surface area contributed by atoms with Gasteiger partial charge in [-0.1, -0.05) is 0 Å². The van der Waals surface area contributed by atoms with Gasteiger partial charge in [-0.2, -0.15) is 0 Å². The Morgan fingerprint density at radius 1 is 1.10 bits per heavy atom. The summed E-state index contributed by atoms with van der Waals surface area (Å²) in [6.45, 7) is 11.0. The summed E-state index contributed by atoms with van der Waals surface area (Å²) in [5, 5.41) is 6.98. The van der Waals surface area contributed by atoms with Crippen molar-refractivity contribution in [3.63, 3.8) is 0 Å². The van der Waals surface area contributed by atoms with Gasteiger partial charge in [0.15, 0.2) is 0 Å². The van der Waals surface area contributed by atoms with Gasteiger partial charge in [-0.3, -0.25) is 10.6 Å². The maximum absolute atomic E-state index is 3.51. The van der Waals surface area contributed by atoms with Crippen molar-refractivity contribution in [1.82, 2.24) is 10.6 Å². The molecule has 60 valence electrons. The van der Waals surface area contributed by atoms with E-state index in [-0.39, 0.29) is 11.2 Å². The van der Waals surface area contributed by atoms with Crippen LogP contribution in [0.1, 0.15) is 34.6 Å². The molecule has 1 atom stereocenters. The Morgan fingerprint density at radius 3 is 1.70 bits per heavy atom. The molecule has 1 unspecified atom stereocenters.